The second-order valence-electron chi connectivity index (χ2n) is 3.28. The lowest BCUT2D eigenvalue weighted by molar-refractivity contribution is 0.277. The van der Waals surface area contributed by atoms with E-state index in [1.807, 2.05) is 12.1 Å². The summed E-state index contributed by atoms with van der Waals surface area (Å²) in [5.74, 6) is 0.657. The van der Waals surface area contributed by atoms with Crippen molar-refractivity contribution in [2.24, 2.45) is 0 Å². The minimum atomic E-state index is 0.0470. The minimum Gasteiger partial charge on any atom is -0.396 e. The lowest BCUT2D eigenvalue weighted by atomic mass is 10.1. The summed E-state index contributed by atoms with van der Waals surface area (Å²) < 4.78 is 5.98. The predicted molar refractivity (Wildman–Crippen MR) is 65.4 cm³/mol. The minimum absolute atomic E-state index is 0.0470. The first-order chi connectivity index (χ1) is 7.70. The summed E-state index contributed by atoms with van der Waals surface area (Å²) >= 11 is 9.34. The number of aromatic nitrogens is 1. The van der Waals surface area contributed by atoms with Crippen molar-refractivity contribution >= 4 is 27.5 Å². The fourth-order valence-corrected chi connectivity index (χ4v) is 1.98. The summed E-state index contributed by atoms with van der Waals surface area (Å²) in [5, 5.41) is 13.4. The van der Waals surface area contributed by atoms with Crippen molar-refractivity contribution in [3.8, 4) is 11.3 Å². The normalized spacial score (nSPS) is 10.7. The Morgan fingerprint density at radius 1 is 1.38 bits per heavy atom. The highest BCUT2D eigenvalue weighted by Gasteiger charge is 2.09. The van der Waals surface area contributed by atoms with Crippen molar-refractivity contribution in [2.75, 3.05) is 6.61 Å². The van der Waals surface area contributed by atoms with Crippen LogP contribution in [0, 0.1) is 0 Å². The first kappa shape index (κ1) is 11.6. The Morgan fingerprint density at radius 2 is 2.19 bits per heavy atom. The highest BCUT2D eigenvalue weighted by Crippen LogP contribution is 2.30. The maximum atomic E-state index is 8.78. The number of benzene rings is 1. The molecule has 0 radical (unpaired) electrons. The molecule has 16 heavy (non-hydrogen) atoms. The van der Waals surface area contributed by atoms with Crippen LogP contribution in [0.4, 0.5) is 0 Å². The van der Waals surface area contributed by atoms with Crippen LogP contribution in [0.25, 0.3) is 11.3 Å². The third-order valence-corrected chi connectivity index (χ3v) is 3.05. The Labute approximate surface area is 106 Å². The fraction of sp³-hybridized carbons (Fsp3) is 0.182. The van der Waals surface area contributed by atoms with Gasteiger partial charge >= 0.3 is 0 Å². The van der Waals surface area contributed by atoms with Gasteiger partial charge in [-0.1, -0.05) is 32.7 Å². The topological polar surface area (TPSA) is 46.3 Å². The number of hydrogen-bond acceptors (Lipinski definition) is 3. The van der Waals surface area contributed by atoms with Crippen LogP contribution in [0.2, 0.25) is 5.02 Å². The molecule has 0 bridgehead atoms. The summed E-state index contributed by atoms with van der Waals surface area (Å²) in [4.78, 5) is 0. The van der Waals surface area contributed by atoms with Crippen LogP contribution < -0.4 is 0 Å². The van der Waals surface area contributed by atoms with Gasteiger partial charge in [0, 0.05) is 27.5 Å². The average molecular weight is 303 g/mol. The van der Waals surface area contributed by atoms with Gasteiger partial charge in [0.1, 0.15) is 11.5 Å². The molecule has 5 heteroatoms. The van der Waals surface area contributed by atoms with Crippen molar-refractivity contribution in [1.29, 1.82) is 0 Å². The lowest BCUT2D eigenvalue weighted by Crippen LogP contribution is -1.86. The smallest absolute Gasteiger partial charge is 0.139 e. The maximum Gasteiger partial charge on any atom is 0.139 e. The van der Waals surface area contributed by atoms with Gasteiger partial charge in [0.25, 0.3) is 0 Å². The van der Waals surface area contributed by atoms with E-state index in [4.69, 9.17) is 21.2 Å². The van der Waals surface area contributed by atoms with Gasteiger partial charge in [0.2, 0.25) is 0 Å². The van der Waals surface area contributed by atoms with E-state index >= 15 is 0 Å². The van der Waals surface area contributed by atoms with E-state index in [9.17, 15) is 0 Å². The molecule has 2 aromatic rings. The van der Waals surface area contributed by atoms with E-state index in [0.29, 0.717) is 22.9 Å². The van der Waals surface area contributed by atoms with Gasteiger partial charge in [0.15, 0.2) is 0 Å². The molecule has 1 aromatic carbocycles. The van der Waals surface area contributed by atoms with Gasteiger partial charge < -0.3 is 9.63 Å². The average Bonchev–Trinajstić information content (AvgIpc) is 2.71. The zero-order valence-corrected chi connectivity index (χ0v) is 10.6. The Morgan fingerprint density at radius 3 is 2.94 bits per heavy atom. The standard InChI is InChI=1S/C11H9BrClNO2/c12-10-2-1-7(13)5-9(10)11-6-8(3-4-15)16-14-11/h1-2,5-6,15H,3-4H2. The third kappa shape index (κ3) is 2.45. The zero-order valence-electron chi connectivity index (χ0n) is 8.28. The monoisotopic (exact) mass is 301 g/mol. The number of rotatable bonds is 3. The molecule has 0 fully saturated rings. The molecule has 0 aliphatic carbocycles. The van der Waals surface area contributed by atoms with E-state index < -0.39 is 0 Å². The highest BCUT2D eigenvalue weighted by atomic mass is 79.9. The SMILES string of the molecule is OCCc1cc(-c2cc(Cl)ccc2Br)no1. The molecule has 1 heterocycles. The molecule has 84 valence electrons. The lowest BCUT2D eigenvalue weighted by Gasteiger charge is -1.99. The van der Waals surface area contributed by atoms with E-state index in [2.05, 4.69) is 21.1 Å². The molecule has 0 unspecified atom stereocenters. The molecule has 2 rings (SSSR count). The molecular formula is C11H9BrClNO2. The van der Waals surface area contributed by atoms with Gasteiger partial charge in [-0.2, -0.15) is 0 Å². The molecular weight excluding hydrogens is 293 g/mol. The largest absolute Gasteiger partial charge is 0.396 e. The van der Waals surface area contributed by atoms with Crippen LogP contribution in [-0.2, 0) is 6.42 Å². The first-order valence-corrected chi connectivity index (χ1v) is 5.89. The van der Waals surface area contributed by atoms with Crippen LogP contribution in [0.1, 0.15) is 5.76 Å². The fourth-order valence-electron chi connectivity index (χ4n) is 1.36. The van der Waals surface area contributed by atoms with Crippen LogP contribution in [0.3, 0.4) is 0 Å². The summed E-state index contributed by atoms with van der Waals surface area (Å²) in [6.45, 7) is 0.0470. The maximum absolute atomic E-state index is 8.78. The Bertz CT molecular complexity index is 498. The molecule has 0 amide bonds. The second kappa shape index (κ2) is 4.99. The second-order valence-corrected chi connectivity index (χ2v) is 4.57. The van der Waals surface area contributed by atoms with Crippen molar-refractivity contribution in [3.63, 3.8) is 0 Å². The van der Waals surface area contributed by atoms with Gasteiger partial charge in [-0.25, -0.2) is 0 Å². The van der Waals surface area contributed by atoms with Crippen molar-refractivity contribution < 1.29 is 9.63 Å². The number of aliphatic hydroxyl groups excluding tert-OH is 1. The summed E-state index contributed by atoms with van der Waals surface area (Å²) in [6.07, 6.45) is 0.463. The van der Waals surface area contributed by atoms with Gasteiger partial charge in [-0.3, -0.25) is 0 Å². The summed E-state index contributed by atoms with van der Waals surface area (Å²) in [7, 11) is 0. The molecule has 1 aromatic heterocycles. The molecule has 0 atom stereocenters. The van der Waals surface area contributed by atoms with Crippen LogP contribution in [0.15, 0.2) is 33.3 Å². The van der Waals surface area contributed by atoms with Gasteiger partial charge in [-0.05, 0) is 18.2 Å². The summed E-state index contributed by atoms with van der Waals surface area (Å²) in [5.41, 5.74) is 1.58. The number of hydrogen-bond donors (Lipinski definition) is 1. The van der Waals surface area contributed by atoms with Crippen LogP contribution in [0.5, 0.6) is 0 Å². The van der Waals surface area contributed by atoms with E-state index in [1.54, 1.807) is 12.1 Å². The Kier molecular flexibility index (Phi) is 3.63. The first-order valence-electron chi connectivity index (χ1n) is 4.72. The van der Waals surface area contributed by atoms with Crippen molar-refractivity contribution in [2.45, 2.75) is 6.42 Å². The zero-order chi connectivity index (χ0) is 11.5. The number of nitrogens with zero attached hydrogens (tertiary/aromatic N) is 1. The molecule has 3 nitrogen and oxygen atoms in total. The predicted octanol–water partition coefficient (Wildman–Crippen LogP) is 3.29. The molecule has 1 N–H and O–H groups in total. The van der Waals surface area contributed by atoms with Gasteiger partial charge in [0.05, 0.1) is 6.61 Å². The molecule has 0 saturated heterocycles. The number of halogens is 2. The van der Waals surface area contributed by atoms with Crippen LogP contribution >= 0.6 is 27.5 Å². The third-order valence-electron chi connectivity index (χ3n) is 2.12. The Balaban J connectivity index is 2.38. The Hall–Kier alpha value is -0.840. The van der Waals surface area contributed by atoms with Gasteiger partial charge in [-0.15, -0.1) is 0 Å². The quantitative estimate of drug-likeness (QED) is 0.946. The van der Waals surface area contributed by atoms with E-state index in [-0.39, 0.29) is 6.61 Å². The molecule has 0 spiro atoms. The molecule has 0 saturated carbocycles. The molecule has 0 aliphatic rings. The van der Waals surface area contributed by atoms with E-state index in [1.165, 1.54) is 0 Å². The van der Waals surface area contributed by atoms with Crippen molar-refractivity contribution in [3.05, 3.63) is 39.5 Å². The highest BCUT2D eigenvalue weighted by molar-refractivity contribution is 9.10. The number of aliphatic hydroxyl groups is 1. The van der Waals surface area contributed by atoms with Crippen LogP contribution in [-0.4, -0.2) is 16.9 Å². The van der Waals surface area contributed by atoms with E-state index in [0.717, 1.165) is 10.0 Å². The molecule has 0 aliphatic heterocycles. The van der Waals surface area contributed by atoms with Crippen molar-refractivity contribution in [1.82, 2.24) is 5.16 Å². The summed E-state index contributed by atoms with van der Waals surface area (Å²) in [6, 6.07) is 7.26.